The van der Waals surface area contributed by atoms with Crippen LogP contribution in [0.15, 0.2) is 49.3 Å². The maximum atomic E-state index is 12.9. The maximum absolute atomic E-state index is 12.9. The first-order valence-corrected chi connectivity index (χ1v) is 7.97. The van der Waals surface area contributed by atoms with Crippen molar-refractivity contribution in [3.8, 4) is 5.69 Å². The fourth-order valence-corrected chi connectivity index (χ4v) is 3.24. The molecule has 0 saturated carbocycles. The van der Waals surface area contributed by atoms with Crippen molar-refractivity contribution < 1.29 is 4.79 Å². The van der Waals surface area contributed by atoms with Crippen molar-refractivity contribution >= 4 is 5.91 Å². The lowest BCUT2D eigenvalue weighted by Gasteiger charge is -2.24. The van der Waals surface area contributed by atoms with Gasteiger partial charge in [-0.1, -0.05) is 0 Å². The first-order chi connectivity index (χ1) is 11.7. The van der Waals surface area contributed by atoms with E-state index in [1.54, 1.807) is 17.3 Å². The summed E-state index contributed by atoms with van der Waals surface area (Å²) in [6.07, 6.45) is 9.11. The zero-order chi connectivity index (χ0) is 16.5. The minimum atomic E-state index is 0.0664. The van der Waals surface area contributed by atoms with Crippen molar-refractivity contribution in [3.05, 3.63) is 60.4 Å². The molecule has 7 nitrogen and oxygen atoms in total. The van der Waals surface area contributed by atoms with Gasteiger partial charge in [-0.25, -0.2) is 0 Å². The van der Waals surface area contributed by atoms with Gasteiger partial charge in [0.1, 0.15) is 12.7 Å². The van der Waals surface area contributed by atoms with Crippen LogP contribution in [0, 0.1) is 0 Å². The molecular formula is C17H18N6O. The number of likely N-dealkylation sites (tertiary alicyclic amines) is 1. The molecule has 3 heterocycles. The highest BCUT2D eigenvalue weighted by molar-refractivity contribution is 5.94. The summed E-state index contributed by atoms with van der Waals surface area (Å²) in [6.45, 7) is 0.783. The summed E-state index contributed by atoms with van der Waals surface area (Å²) >= 11 is 0. The van der Waals surface area contributed by atoms with Crippen molar-refractivity contribution in [1.82, 2.24) is 29.4 Å². The van der Waals surface area contributed by atoms with Gasteiger partial charge in [-0.2, -0.15) is 5.10 Å². The Morgan fingerprint density at radius 2 is 1.92 bits per heavy atom. The van der Waals surface area contributed by atoms with Crippen LogP contribution in [0.2, 0.25) is 0 Å². The van der Waals surface area contributed by atoms with E-state index in [9.17, 15) is 4.79 Å². The van der Waals surface area contributed by atoms with Gasteiger partial charge in [0.15, 0.2) is 0 Å². The first-order valence-electron chi connectivity index (χ1n) is 7.97. The molecule has 1 atom stereocenters. The molecule has 1 aliphatic heterocycles. The quantitative estimate of drug-likeness (QED) is 0.739. The van der Waals surface area contributed by atoms with E-state index in [1.807, 2.05) is 53.2 Å². The largest absolute Gasteiger partial charge is 0.331 e. The SMILES string of the molecule is Cn1cc([C@@H]2CCCN2C(=O)c2ccc(-n3cnnc3)cc2)cn1. The van der Waals surface area contributed by atoms with E-state index in [4.69, 9.17) is 0 Å². The second-order valence-electron chi connectivity index (χ2n) is 6.02. The molecule has 1 fully saturated rings. The summed E-state index contributed by atoms with van der Waals surface area (Å²) in [5, 5.41) is 11.8. The van der Waals surface area contributed by atoms with E-state index < -0.39 is 0 Å². The fraction of sp³-hybridized carbons (Fsp3) is 0.294. The van der Waals surface area contributed by atoms with Gasteiger partial charge in [-0.3, -0.25) is 14.0 Å². The Kier molecular flexibility index (Phi) is 3.60. The molecule has 1 aliphatic rings. The van der Waals surface area contributed by atoms with Crippen LogP contribution in [0.1, 0.15) is 34.8 Å². The van der Waals surface area contributed by atoms with E-state index in [2.05, 4.69) is 15.3 Å². The second kappa shape index (κ2) is 5.92. The number of benzene rings is 1. The molecule has 0 unspecified atom stereocenters. The van der Waals surface area contributed by atoms with Crippen LogP contribution < -0.4 is 0 Å². The monoisotopic (exact) mass is 322 g/mol. The number of hydrogen-bond acceptors (Lipinski definition) is 4. The predicted molar refractivity (Wildman–Crippen MR) is 87.6 cm³/mol. The minimum absolute atomic E-state index is 0.0664. The molecule has 4 rings (SSSR count). The lowest BCUT2D eigenvalue weighted by atomic mass is 10.1. The van der Waals surface area contributed by atoms with Gasteiger partial charge in [-0.05, 0) is 37.1 Å². The molecule has 122 valence electrons. The average Bonchev–Trinajstić information content (AvgIpc) is 3.35. The molecule has 1 amide bonds. The lowest BCUT2D eigenvalue weighted by molar-refractivity contribution is 0.0735. The zero-order valence-corrected chi connectivity index (χ0v) is 13.4. The van der Waals surface area contributed by atoms with Crippen molar-refractivity contribution in [2.75, 3.05) is 6.54 Å². The van der Waals surface area contributed by atoms with Crippen LogP contribution in [0.5, 0.6) is 0 Å². The topological polar surface area (TPSA) is 68.8 Å². The Hall–Kier alpha value is -2.96. The van der Waals surface area contributed by atoms with E-state index in [-0.39, 0.29) is 11.9 Å². The van der Waals surface area contributed by atoms with Crippen LogP contribution in [0.25, 0.3) is 5.69 Å². The Labute approximate surface area is 139 Å². The number of rotatable bonds is 3. The Bertz CT molecular complexity index is 836. The summed E-state index contributed by atoms with van der Waals surface area (Å²) in [5.74, 6) is 0.0664. The number of aromatic nitrogens is 5. The molecule has 24 heavy (non-hydrogen) atoms. The highest BCUT2D eigenvalue weighted by Crippen LogP contribution is 2.32. The fourth-order valence-electron chi connectivity index (χ4n) is 3.24. The van der Waals surface area contributed by atoms with Gasteiger partial charge < -0.3 is 4.90 Å². The van der Waals surface area contributed by atoms with Gasteiger partial charge in [0.25, 0.3) is 5.91 Å². The van der Waals surface area contributed by atoms with Crippen LogP contribution in [-0.4, -0.2) is 41.9 Å². The van der Waals surface area contributed by atoms with Crippen molar-refractivity contribution in [2.45, 2.75) is 18.9 Å². The summed E-state index contributed by atoms with van der Waals surface area (Å²) in [5.41, 5.74) is 2.73. The Morgan fingerprint density at radius 3 is 2.58 bits per heavy atom. The summed E-state index contributed by atoms with van der Waals surface area (Å²) in [7, 11) is 1.90. The molecule has 0 aliphatic carbocycles. The number of carbonyl (C=O) groups excluding carboxylic acids is 1. The molecule has 2 aromatic heterocycles. The summed E-state index contributed by atoms with van der Waals surface area (Å²) in [4.78, 5) is 14.9. The summed E-state index contributed by atoms with van der Waals surface area (Å²) < 4.78 is 3.59. The van der Waals surface area contributed by atoms with Crippen molar-refractivity contribution in [2.24, 2.45) is 7.05 Å². The Balaban J connectivity index is 1.56. The molecule has 3 aromatic rings. The van der Waals surface area contributed by atoms with Gasteiger partial charge in [-0.15, -0.1) is 10.2 Å². The van der Waals surface area contributed by atoms with Crippen molar-refractivity contribution in [1.29, 1.82) is 0 Å². The highest BCUT2D eigenvalue weighted by Gasteiger charge is 2.31. The van der Waals surface area contributed by atoms with Gasteiger partial charge in [0, 0.05) is 36.6 Å². The number of aryl methyl sites for hydroxylation is 1. The standard InChI is InChI=1S/C17H18N6O/c1-21-10-14(9-20-21)16-3-2-8-23(16)17(24)13-4-6-15(7-5-13)22-11-18-19-12-22/h4-7,9-12,16H,2-3,8H2,1H3/t16-/m0/s1. The number of nitrogens with zero attached hydrogens (tertiary/aromatic N) is 6. The van der Waals surface area contributed by atoms with Crippen LogP contribution in [0.4, 0.5) is 0 Å². The molecule has 0 N–H and O–H groups in total. The predicted octanol–water partition coefficient (Wildman–Crippen LogP) is 1.98. The van der Waals surface area contributed by atoms with Gasteiger partial charge >= 0.3 is 0 Å². The van der Waals surface area contributed by atoms with Crippen LogP contribution >= 0.6 is 0 Å². The summed E-state index contributed by atoms with van der Waals surface area (Å²) in [6, 6.07) is 7.65. The average molecular weight is 322 g/mol. The number of hydrogen-bond donors (Lipinski definition) is 0. The van der Waals surface area contributed by atoms with E-state index in [0.29, 0.717) is 5.56 Å². The molecule has 1 saturated heterocycles. The maximum Gasteiger partial charge on any atom is 0.254 e. The second-order valence-corrected chi connectivity index (χ2v) is 6.02. The van der Waals surface area contributed by atoms with Crippen LogP contribution in [-0.2, 0) is 7.05 Å². The first kappa shape index (κ1) is 14.6. The zero-order valence-electron chi connectivity index (χ0n) is 13.4. The molecular weight excluding hydrogens is 304 g/mol. The molecule has 1 aromatic carbocycles. The third-order valence-electron chi connectivity index (χ3n) is 4.45. The van der Waals surface area contributed by atoms with E-state index in [1.165, 1.54) is 0 Å². The molecule has 0 radical (unpaired) electrons. The highest BCUT2D eigenvalue weighted by atomic mass is 16.2. The lowest BCUT2D eigenvalue weighted by Crippen LogP contribution is -2.30. The third kappa shape index (κ3) is 2.58. The van der Waals surface area contributed by atoms with Crippen molar-refractivity contribution in [3.63, 3.8) is 0 Å². The molecule has 0 spiro atoms. The third-order valence-corrected chi connectivity index (χ3v) is 4.45. The smallest absolute Gasteiger partial charge is 0.254 e. The normalized spacial score (nSPS) is 17.4. The van der Waals surface area contributed by atoms with E-state index in [0.717, 1.165) is 30.6 Å². The van der Waals surface area contributed by atoms with Gasteiger partial charge in [0.05, 0.1) is 12.2 Å². The van der Waals surface area contributed by atoms with Gasteiger partial charge in [0.2, 0.25) is 0 Å². The molecule has 7 heteroatoms. The van der Waals surface area contributed by atoms with Crippen LogP contribution in [0.3, 0.4) is 0 Å². The number of amides is 1. The number of carbonyl (C=O) groups is 1. The van der Waals surface area contributed by atoms with E-state index >= 15 is 0 Å². The minimum Gasteiger partial charge on any atom is -0.331 e. The Morgan fingerprint density at radius 1 is 1.17 bits per heavy atom. The molecule has 0 bridgehead atoms.